The second kappa shape index (κ2) is 10.2. The van der Waals surface area contributed by atoms with Gasteiger partial charge >= 0.3 is 0 Å². The molecule has 2 aliphatic rings. The molecule has 0 aromatic heterocycles. The number of halogens is 1. The first kappa shape index (κ1) is 23.0. The Morgan fingerprint density at radius 2 is 1.79 bits per heavy atom. The summed E-state index contributed by atoms with van der Waals surface area (Å²) in [5.41, 5.74) is 2.82. The first-order chi connectivity index (χ1) is 16.0. The minimum absolute atomic E-state index is 0.136. The summed E-state index contributed by atoms with van der Waals surface area (Å²) in [4.78, 5) is 31.8. The molecule has 176 valence electrons. The van der Waals surface area contributed by atoms with Gasteiger partial charge in [0.25, 0.3) is 0 Å². The lowest BCUT2D eigenvalue weighted by molar-refractivity contribution is -0.151. The molecule has 0 radical (unpaired) electrons. The van der Waals surface area contributed by atoms with Gasteiger partial charge in [-0.25, -0.2) is 9.87 Å². The number of piperidine rings is 1. The van der Waals surface area contributed by atoms with Gasteiger partial charge in [0.15, 0.2) is 0 Å². The Balaban J connectivity index is 1.43. The molecule has 2 heterocycles. The lowest BCUT2D eigenvalue weighted by atomic mass is 9.86. The number of likely N-dealkylation sites (tertiary alicyclic amines) is 1. The maximum absolute atomic E-state index is 13.5. The van der Waals surface area contributed by atoms with Crippen LogP contribution < -0.4 is 15.1 Å². The predicted octanol–water partition coefficient (Wildman–Crippen LogP) is 1.75. The number of ether oxygens (including phenoxy) is 1. The standard InChI is InChI=1S/C24H29FN4O4/c1-27-16-20(33-19-9-5-6-17(25)14-19)15-21(23(30)26-32)22(27)24(31)29-12-10-28(11-13-29)18-7-3-2-4-8-18/h2-9,14,20-22,32H,10-13,15-16H2,1H3,(H,26,30)/t20?,21?,22-/m0/s1. The summed E-state index contributed by atoms with van der Waals surface area (Å²) in [5.74, 6) is -1.62. The number of hydroxylamine groups is 1. The smallest absolute Gasteiger partial charge is 0.248 e. The van der Waals surface area contributed by atoms with Crippen molar-refractivity contribution in [2.24, 2.45) is 5.92 Å². The number of para-hydroxylation sites is 1. The quantitative estimate of drug-likeness (QED) is 0.527. The molecule has 2 N–H and O–H groups in total. The van der Waals surface area contributed by atoms with Crippen LogP contribution in [0.1, 0.15) is 6.42 Å². The lowest BCUT2D eigenvalue weighted by Gasteiger charge is -2.44. The Kier molecular flexibility index (Phi) is 7.10. The van der Waals surface area contributed by atoms with Crippen LogP contribution in [0.2, 0.25) is 0 Å². The first-order valence-corrected chi connectivity index (χ1v) is 11.1. The zero-order valence-corrected chi connectivity index (χ0v) is 18.6. The SMILES string of the molecule is CN1CC(Oc2cccc(F)c2)CC(C(=O)NO)[C@H]1C(=O)N1CCN(c2ccccc2)CC1. The molecule has 8 nitrogen and oxygen atoms in total. The summed E-state index contributed by atoms with van der Waals surface area (Å²) in [6.45, 7) is 2.90. The molecular weight excluding hydrogens is 427 g/mol. The van der Waals surface area contributed by atoms with Gasteiger partial charge in [-0.3, -0.25) is 19.7 Å². The first-order valence-electron chi connectivity index (χ1n) is 11.1. The van der Waals surface area contributed by atoms with Crippen LogP contribution >= 0.6 is 0 Å². The van der Waals surface area contributed by atoms with E-state index in [0.717, 1.165) is 5.69 Å². The Bertz CT molecular complexity index is 968. The molecule has 2 unspecified atom stereocenters. The van der Waals surface area contributed by atoms with Gasteiger partial charge in [0.2, 0.25) is 11.8 Å². The van der Waals surface area contributed by atoms with E-state index in [1.807, 2.05) is 30.3 Å². The second-order valence-electron chi connectivity index (χ2n) is 8.55. The molecule has 2 aliphatic heterocycles. The van der Waals surface area contributed by atoms with Crippen molar-refractivity contribution < 1.29 is 23.9 Å². The van der Waals surface area contributed by atoms with Crippen molar-refractivity contribution in [2.75, 3.05) is 44.7 Å². The number of nitrogens with zero attached hydrogens (tertiary/aromatic N) is 3. The summed E-state index contributed by atoms with van der Waals surface area (Å²) in [5, 5.41) is 9.32. The van der Waals surface area contributed by atoms with Crippen LogP contribution in [0.5, 0.6) is 5.75 Å². The number of hydrogen-bond acceptors (Lipinski definition) is 6. The van der Waals surface area contributed by atoms with Gasteiger partial charge in [-0.2, -0.15) is 0 Å². The Morgan fingerprint density at radius 3 is 2.45 bits per heavy atom. The van der Waals surface area contributed by atoms with E-state index in [1.54, 1.807) is 34.5 Å². The highest BCUT2D eigenvalue weighted by Crippen LogP contribution is 2.28. The van der Waals surface area contributed by atoms with Gasteiger partial charge in [-0.05, 0) is 37.7 Å². The molecule has 2 fully saturated rings. The normalized spacial score (nSPS) is 23.8. The average molecular weight is 457 g/mol. The highest BCUT2D eigenvalue weighted by Gasteiger charge is 2.45. The van der Waals surface area contributed by atoms with Gasteiger partial charge in [-0.15, -0.1) is 0 Å². The number of carbonyl (C=O) groups is 2. The summed E-state index contributed by atoms with van der Waals surface area (Å²) in [6, 6.07) is 15.1. The third-order valence-electron chi connectivity index (χ3n) is 6.38. The van der Waals surface area contributed by atoms with Crippen LogP contribution in [0, 0.1) is 11.7 Å². The largest absolute Gasteiger partial charge is 0.489 e. The van der Waals surface area contributed by atoms with Crippen LogP contribution in [0.15, 0.2) is 54.6 Å². The highest BCUT2D eigenvalue weighted by molar-refractivity contribution is 5.90. The number of benzene rings is 2. The molecular formula is C24H29FN4O4. The van der Waals surface area contributed by atoms with E-state index >= 15 is 0 Å². The maximum atomic E-state index is 13.5. The molecule has 3 atom stereocenters. The fraction of sp³-hybridized carbons (Fsp3) is 0.417. The number of nitrogens with one attached hydrogen (secondary N) is 1. The summed E-state index contributed by atoms with van der Waals surface area (Å²) >= 11 is 0. The third-order valence-corrected chi connectivity index (χ3v) is 6.38. The Hall–Kier alpha value is -3.17. The summed E-state index contributed by atoms with van der Waals surface area (Å²) in [6.07, 6.45) is -0.203. The number of piperazine rings is 1. The number of anilines is 1. The number of carbonyl (C=O) groups excluding carboxylic acids is 2. The molecule has 2 amide bonds. The van der Waals surface area contributed by atoms with Crippen molar-refractivity contribution in [1.29, 1.82) is 0 Å². The minimum Gasteiger partial charge on any atom is -0.489 e. The van der Waals surface area contributed by atoms with Crippen molar-refractivity contribution in [3.8, 4) is 5.75 Å². The number of amides is 2. The molecule has 0 bridgehead atoms. The summed E-state index contributed by atoms with van der Waals surface area (Å²) in [7, 11) is 1.77. The van der Waals surface area contributed by atoms with Crippen LogP contribution in [0.4, 0.5) is 10.1 Å². The maximum Gasteiger partial charge on any atom is 0.248 e. The van der Waals surface area contributed by atoms with Crippen LogP contribution in [-0.4, -0.2) is 78.7 Å². The number of rotatable bonds is 5. The molecule has 0 spiro atoms. The van der Waals surface area contributed by atoms with E-state index in [9.17, 15) is 19.2 Å². The molecule has 2 aromatic carbocycles. The molecule has 33 heavy (non-hydrogen) atoms. The van der Waals surface area contributed by atoms with E-state index in [0.29, 0.717) is 38.5 Å². The van der Waals surface area contributed by atoms with E-state index < -0.39 is 29.8 Å². The average Bonchev–Trinajstić information content (AvgIpc) is 2.83. The van der Waals surface area contributed by atoms with Crippen molar-refractivity contribution in [3.05, 3.63) is 60.4 Å². The molecule has 2 saturated heterocycles. The minimum atomic E-state index is -0.799. The Labute approximate surface area is 192 Å². The van der Waals surface area contributed by atoms with Gasteiger partial charge in [0.1, 0.15) is 23.7 Å². The topological polar surface area (TPSA) is 85.3 Å². The lowest BCUT2D eigenvalue weighted by Crippen LogP contribution is -2.62. The molecule has 0 saturated carbocycles. The van der Waals surface area contributed by atoms with Gasteiger partial charge in [0.05, 0.1) is 5.92 Å². The second-order valence-corrected chi connectivity index (χ2v) is 8.55. The van der Waals surface area contributed by atoms with Gasteiger partial charge in [0, 0.05) is 44.5 Å². The van der Waals surface area contributed by atoms with Crippen molar-refractivity contribution in [2.45, 2.75) is 18.6 Å². The van der Waals surface area contributed by atoms with Crippen LogP contribution in [0.3, 0.4) is 0 Å². The fourth-order valence-corrected chi connectivity index (χ4v) is 4.75. The predicted molar refractivity (Wildman–Crippen MR) is 121 cm³/mol. The molecule has 9 heteroatoms. The van der Waals surface area contributed by atoms with Crippen LogP contribution in [-0.2, 0) is 9.59 Å². The van der Waals surface area contributed by atoms with E-state index in [-0.39, 0.29) is 12.3 Å². The third kappa shape index (κ3) is 5.26. The van der Waals surface area contributed by atoms with Gasteiger partial charge in [-0.1, -0.05) is 24.3 Å². The van der Waals surface area contributed by atoms with Crippen molar-refractivity contribution >= 4 is 17.5 Å². The van der Waals surface area contributed by atoms with E-state index in [1.165, 1.54) is 12.1 Å². The number of hydrogen-bond donors (Lipinski definition) is 2. The zero-order valence-electron chi connectivity index (χ0n) is 18.6. The molecule has 4 rings (SSSR count). The molecule has 0 aliphatic carbocycles. The van der Waals surface area contributed by atoms with E-state index in [2.05, 4.69) is 4.90 Å². The fourth-order valence-electron chi connectivity index (χ4n) is 4.75. The van der Waals surface area contributed by atoms with E-state index in [4.69, 9.17) is 4.74 Å². The van der Waals surface area contributed by atoms with Crippen molar-refractivity contribution in [1.82, 2.24) is 15.3 Å². The monoisotopic (exact) mass is 456 g/mol. The number of likely N-dealkylation sites (N-methyl/N-ethyl adjacent to an activating group) is 1. The zero-order chi connectivity index (χ0) is 23.4. The van der Waals surface area contributed by atoms with Crippen molar-refractivity contribution in [3.63, 3.8) is 0 Å². The highest BCUT2D eigenvalue weighted by atomic mass is 19.1. The molecule has 2 aromatic rings. The van der Waals surface area contributed by atoms with Crippen LogP contribution in [0.25, 0.3) is 0 Å². The Morgan fingerprint density at radius 1 is 1.06 bits per heavy atom. The van der Waals surface area contributed by atoms with Gasteiger partial charge < -0.3 is 14.5 Å². The summed E-state index contributed by atoms with van der Waals surface area (Å²) < 4.78 is 19.4.